The van der Waals surface area contributed by atoms with Crippen molar-refractivity contribution in [3.63, 3.8) is 0 Å². The minimum atomic E-state index is -0.953. The zero-order chi connectivity index (χ0) is 14.1. The number of hydrogen-bond donors (Lipinski definition) is 1. The fourth-order valence-electron chi connectivity index (χ4n) is 1.63. The van der Waals surface area contributed by atoms with E-state index in [4.69, 9.17) is 23.2 Å². The Balaban J connectivity index is 3.03. The Morgan fingerprint density at radius 1 is 1.33 bits per heavy atom. The van der Waals surface area contributed by atoms with E-state index >= 15 is 0 Å². The van der Waals surface area contributed by atoms with Gasteiger partial charge >= 0.3 is 5.97 Å². The first kappa shape index (κ1) is 15.3. The number of nitrogens with zero attached hydrogens (tertiary/aromatic N) is 1. The molecule has 0 fully saturated rings. The zero-order valence-electron chi connectivity index (χ0n) is 10.9. The van der Waals surface area contributed by atoms with Crippen LogP contribution in [0.15, 0.2) is 18.2 Å². The van der Waals surface area contributed by atoms with Crippen LogP contribution in [0.2, 0.25) is 10.0 Å². The van der Waals surface area contributed by atoms with Gasteiger partial charge in [0.15, 0.2) is 0 Å². The molecule has 1 atom stereocenters. The topological polar surface area (TPSA) is 40.5 Å². The van der Waals surface area contributed by atoms with Crippen molar-refractivity contribution in [3.05, 3.63) is 33.8 Å². The van der Waals surface area contributed by atoms with Crippen molar-refractivity contribution in [2.75, 3.05) is 7.05 Å². The lowest BCUT2D eigenvalue weighted by atomic mass is 9.98. The normalized spacial score (nSPS) is 13.7. The predicted molar refractivity (Wildman–Crippen MR) is 74.4 cm³/mol. The molecule has 1 rings (SSSR count). The lowest BCUT2D eigenvalue weighted by Gasteiger charge is -2.36. The van der Waals surface area contributed by atoms with Gasteiger partial charge in [-0.25, -0.2) is 0 Å². The van der Waals surface area contributed by atoms with Gasteiger partial charge in [-0.1, -0.05) is 29.3 Å². The Hall–Kier alpha value is -0.770. The summed E-state index contributed by atoms with van der Waals surface area (Å²) in [6, 6.07) is 5.26. The highest BCUT2D eigenvalue weighted by Crippen LogP contribution is 2.30. The van der Waals surface area contributed by atoms with Gasteiger partial charge in [-0.2, -0.15) is 0 Å². The number of halogens is 2. The number of hydrogen-bond acceptors (Lipinski definition) is 2. The van der Waals surface area contributed by atoms with Crippen LogP contribution in [0, 0.1) is 0 Å². The summed E-state index contributed by atoms with van der Waals surface area (Å²) in [6.07, 6.45) is 0. The van der Waals surface area contributed by atoms with E-state index in [1.807, 2.05) is 13.0 Å². The molecule has 0 saturated carbocycles. The van der Waals surface area contributed by atoms with E-state index in [0.717, 1.165) is 5.56 Å². The lowest BCUT2D eigenvalue weighted by molar-refractivity contribution is -0.149. The first-order valence-electron chi connectivity index (χ1n) is 5.59. The maximum Gasteiger partial charge on any atom is 0.323 e. The molecule has 1 aromatic carbocycles. The van der Waals surface area contributed by atoms with Crippen molar-refractivity contribution in [2.45, 2.75) is 32.4 Å². The van der Waals surface area contributed by atoms with Crippen molar-refractivity contribution < 1.29 is 9.90 Å². The second-order valence-electron chi connectivity index (χ2n) is 4.82. The van der Waals surface area contributed by atoms with Crippen LogP contribution in [0.4, 0.5) is 0 Å². The Kier molecular flexibility index (Phi) is 4.65. The first-order valence-corrected chi connectivity index (χ1v) is 6.34. The molecule has 1 unspecified atom stereocenters. The third-order valence-corrected chi connectivity index (χ3v) is 4.15. The van der Waals surface area contributed by atoms with E-state index in [0.29, 0.717) is 10.0 Å². The lowest BCUT2D eigenvalue weighted by Crippen LogP contribution is -2.48. The molecule has 0 aromatic heterocycles. The van der Waals surface area contributed by atoms with E-state index in [2.05, 4.69) is 0 Å². The number of carbonyl (C=O) groups is 1. The van der Waals surface area contributed by atoms with Gasteiger partial charge in [-0.3, -0.25) is 9.69 Å². The van der Waals surface area contributed by atoms with E-state index in [9.17, 15) is 9.90 Å². The molecule has 18 heavy (non-hydrogen) atoms. The number of carboxylic acid groups (broad SMARTS) is 1. The summed E-state index contributed by atoms with van der Waals surface area (Å²) < 4.78 is 0. The molecule has 1 aromatic rings. The van der Waals surface area contributed by atoms with Crippen LogP contribution >= 0.6 is 23.2 Å². The largest absolute Gasteiger partial charge is 0.480 e. The molecule has 0 amide bonds. The zero-order valence-corrected chi connectivity index (χ0v) is 12.4. The summed E-state index contributed by atoms with van der Waals surface area (Å²) in [5.74, 6) is -0.864. The quantitative estimate of drug-likeness (QED) is 0.915. The van der Waals surface area contributed by atoms with Crippen LogP contribution in [0.3, 0.4) is 0 Å². The third-order valence-electron chi connectivity index (χ3n) is 3.41. The van der Waals surface area contributed by atoms with Gasteiger partial charge in [-0.05, 0) is 45.5 Å². The van der Waals surface area contributed by atoms with E-state index < -0.39 is 11.5 Å². The second kappa shape index (κ2) is 5.47. The molecule has 0 aliphatic carbocycles. The van der Waals surface area contributed by atoms with Crippen molar-refractivity contribution in [1.29, 1.82) is 0 Å². The van der Waals surface area contributed by atoms with Gasteiger partial charge in [0.05, 0.1) is 10.0 Å². The molecule has 0 aliphatic rings. The van der Waals surface area contributed by atoms with E-state index in [1.54, 1.807) is 37.9 Å². The van der Waals surface area contributed by atoms with Crippen molar-refractivity contribution in [1.82, 2.24) is 4.90 Å². The summed E-state index contributed by atoms with van der Waals surface area (Å²) in [5, 5.41) is 10.2. The van der Waals surface area contributed by atoms with Crippen LogP contribution in [0.25, 0.3) is 0 Å². The standard InChI is InChI=1S/C13H17Cl2NO2/c1-8(16(4)13(2,3)12(17)18)9-5-6-10(14)11(15)7-9/h5-8H,1-4H3,(H,17,18). The molecule has 0 bridgehead atoms. The van der Waals surface area contributed by atoms with Gasteiger partial charge in [-0.15, -0.1) is 0 Å². The Bertz CT molecular complexity index is 460. The van der Waals surface area contributed by atoms with Crippen molar-refractivity contribution in [2.24, 2.45) is 0 Å². The molecule has 5 heteroatoms. The van der Waals surface area contributed by atoms with Crippen molar-refractivity contribution in [3.8, 4) is 0 Å². The van der Waals surface area contributed by atoms with Crippen LogP contribution in [-0.4, -0.2) is 28.6 Å². The molecule has 1 N–H and O–H groups in total. The molecule has 0 saturated heterocycles. The van der Waals surface area contributed by atoms with Crippen LogP contribution in [0.5, 0.6) is 0 Å². The second-order valence-corrected chi connectivity index (χ2v) is 5.64. The average molecular weight is 290 g/mol. The van der Waals surface area contributed by atoms with Gasteiger partial charge in [0.2, 0.25) is 0 Å². The van der Waals surface area contributed by atoms with Crippen LogP contribution in [-0.2, 0) is 4.79 Å². The van der Waals surface area contributed by atoms with Crippen molar-refractivity contribution >= 4 is 29.2 Å². The molecule has 100 valence electrons. The van der Waals surface area contributed by atoms with Gasteiger partial charge < -0.3 is 5.11 Å². The number of rotatable bonds is 4. The number of aliphatic carboxylic acids is 1. The summed E-state index contributed by atoms with van der Waals surface area (Å²) in [5.41, 5.74) is -0.0212. The minimum absolute atomic E-state index is 0.0779. The summed E-state index contributed by atoms with van der Waals surface area (Å²) in [6.45, 7) is 5.27. The highest BCUT2D eigenvalue weighted by Gasteiger charge is 2.35. The first-order chi connectivity index (χ1) is 8.17. The number of benzene rings is 1. The Morgan fingerprint density at radius 3 is 2.33 bits per heavy atom. The maximum absolute atomic E-state index is 11.2. The highest BCUT2D eigenvalue weighted by atomic mass is 35.5. The summed E-state index contributed by atoms with van der Waals surface area (Å²) >= 11 is 11.8. The van der Waals surface area contributed by atoms with E-state index in [-0.39, 0.29) is 6.04 Å². The molecule has 0 radical (unpaired) electrons. The molecular formula is C13H17Cl2NO2. The van der Waals surface area contributed by atoms with Gasteiger partial charge in [0.25, 0.3) is 0 Å². The summed E-state index contributed by atoms with van der Waals surface area (Å²) in [4.78, 5) is 13.0. The van der Waals surface area contributed by atoms with Gasteiger partial charge in [0, 0.05) is 6.04 Å². The monoisotopic (exact) mass is 289 g/mol. The van der Waals surface area contributed by atoms with Gasteiger partial charge in [0.1, 0.15) is 5.54 Å². The van der Waals surface area contributed by atoms with Crippen LogP contribution in [0.1, 0.15) is 32.4 Å². The molecular weight excluding hydrogens is 273 g/mol. The van der Waals surface area contributed by atoms with Crippen LogP contribution < -0.4 is 0 Å². The number of carboxylic acids is 1. The minimum Gasteiger partial charge on any atom is -0.480 e. The van der Waals surface area contributed by atoms with E-state index in [1.165, 1.54) is 0 Å². The molecule has 3 nitrogen and oxygen atoms in total. The summed E-state index contributed by atoms with van der Waals surface area (Å²) in [7, 11) is 1.78. The fourth-order valence-corrected chi connectivity index (χ4v) is 1.94. The predicted octanol–water partition coefficient (Wildman–Crippen LogP) is 3.85. The Morgan fingerprint density at radius 2 is 1.89 bits per heavy atom. The third kappa shape index (κ3) is 2.97. The smallest absolute Gasteiger partial charge is 0.323 e. The fraction of sp³-hybridized carbons (Fsp3) is 0.462. The molecule has 0 heterocycles. The molecule has 0 spiro atoms. The Labute approximate surface area is 117 Å². The average Bonchev–Trinajstić information content (AvgIpc) is 2.30. The molecule has 0 aliphatic heterocycles. The highest BCUT2D eigenvalue weighted by molar-refractivity contribution is 6.42. The number of likely N-dealkylation sites (N-methyl/N-ethyl adjacent to an activating group) is 1. The SMILES string of the molecule is CC(c1ccc(Cl)c(Cl)c1)N(C)C(C)(C)C(=O)O. The maximum atomic E-state index is 11.2.